The highest BCUT2D eigenvalue weighted by atomic mass is 35.5. The van der Waals surface area contributed by atoms with Gasteiger partial charge >= 0.3 is 0 Å². The van der Waals surface area contributed by atoms with E-state index in [1.54, 1.807) is 0 Å². The van der Waals surface area contributed by atoms with Crippen LogP contribution in [0.1, 0.15) is 24.8 Å². The predicted octanol–water partition coefficient (Wildman–Crippen LogP) is 2.58. The maximum atomic E-state index is 8.42. The SMILES string of the molecule is CC(CC(N)=NO)c1ccc(Cl)cc1. The van der Waals surface area contributed by atoms with Crippen LogP contribution in [0.15, 0.2) is 29.4 Å². The van der Waals surface area contributed by atoms with Crippen LogP contribution in [-0.2, 0) is 0 Å². The van der Waals surface area contributed by atoms with Crippen LogP contribution in [0.5, 0.6) is 0 Å². The number of halogens is 1. The fourth-order valence-corrected chi connectivity index (χ4v) is 1.39. The minimum absolute atomic E-state index is 0.225. The van der Waals surface area contributed by atoms with E-state index in [4.69, 9.17) is 22.5 Å². The predicted molar refractivity (Wildman–Crippen MR) is 57.9 cm³/mol. The number of rotatable bonds is 3. The van der Waals surface area contributed by atoms with Crippen LogP contribution in [0.25, 0.3) is 0 Å². The van der Waals surface area contributed by atoms with Gasteiger partial charge < -0.3 is 10.9 Å². The summed E-state index contributed by atoms with van der Waals surface area (Å²) in [5.41, 5.74) is 6.54. The smallest absolute Gasteiger partial charge is 0.139 e. The standard InChI is InChI=1S/C10H13ClN2O/c1-7(6-10(12)13-14)8-2-4-9(11)5-3-8/h2-5,7,14H,6H2,1H3,(H2,12,13). The molecule has 1 aromatic carbocycles. The molecule has 3 N–H and O–H groups in total. The molecule has 0 aliphatic carbocycles. The Balaban J connectivity index is 2.70. The van der Waals surface area contributed by atoms with Crippen molar-refractivity contribution < 1.29 is 5.21 Å². The molecule has 76 valence electrons. The molecule has 3 nitrogen and oxygen atoms in total. The molecule has 0 amide bonds. The van der Waals surface area contributed by atoms with Crippen LogP contribution in [-0.4, -0.2) is 11.0 Å². The largest absolute Gasteiger partial charge is 0.409 e. The Morgan fingerprint density at radius 3 is 2.57 bits per heavy atom. The zero-order chi connectivity index (χ0) is 10.6. The van der Waals surface area contributed by atoms with Gasteiger partial charge in [-0.3, -0.25) is 0 Å². The third kappa shape index (κ3) is 2.92. The van der Waals surface area contributed by atoms with E-state index in [-0.39, 0.29) is 11.8 Å². The number of amidine groups is 1. The average molecular weight is 213 g/mol. The normalized spacial score (nSPS) is 14.0. The molecule has 0 fully saturated rings. The highest BCUT2D eigenvalue weighted by molar-refractivity contribution is 6.30. The number of oxime groups is 1. The lowest BCUT2D eigenvalue weighted by Gasteiger charge is -2.10. The molecular weight excluding hydrogens is 200 g/mol. The number of nitrogens with zero attached hydrogens (tertiary/aromatic N) is 1. The molecule has 0 spiro atoms. The third-order valence-electron chi connectivity index (χ3n) is 2.08. The lowest BCUT2D eigenvalue weighted by molar-refractivity contribution is 0.316. The summed E-state index contributed by atoms with van der Waals surface area (Å²) in [6.45, 7) is 2.02. The van der Waals surface area contributed by atoms with Gasteiger partial charge in [-0.15, -0.1) is 0 Å². The second kappa shape index (κ2) is 4.86. The summed E-state index contributed by atoms with van der Waals surface area (Å²) in [4.78, 5) is 0. The Kier molecular flexibility index (Phi) is 3.77. The monoisotopic (exact) mass is 212 g/mol. The molecule has 1 atom stereocenters. The van der Waals surface area contributed by atoms with Crippen LogP contribution >= 0.6 is 11.6 Å². The van der Waals surface area contributed by atoms with Crippen molar-refractivity contribution in [3.8, 4) is 0 Å². The van der Waals surface area contributed by atoms with Crippen LogP contribution in [0, 0.1) is 0 Å². The number of benzene rings is 1. The topological polar surface area (TPSA) is 58.6 Å². The second-order valence-electron chi connectivity index (χ2n) is 3.25. The van der Waals surface area contributed by atoms with Crippen molar-refractivity contribution in [1.29, 1.82) is 0 Å². The first-order valence-electron chi connectivity index (χ1n) is 4.35. The highest BCUT2D eigenvalue weighted by Crippen LogP contribution is 2.20. The Morgan fingerprint density at radius 1 is 1.50 bits per heavy atom. The number of hydrogen-bond acceptors (Lipinski definition) is 2. The van der Waals surface area contributed by atoms with Crippen LogP contribution in [0.4, 0.5) is 0 Å². The molecule has 0 saturated heterocycles. The first-order valence-corrected chi connectivity index (χ1v) is 4.73. The van der Waals surface area contributed by atoms with E-state index in [9.17, 15) is 0 Å². The zero-order valence-corrected chi connectivity index (χ0v) is 8.70. The van der Waals surface area contributed by atoms with E-state index < -0.39 is 0 Å². The summed E-state index contributed by atoms with van der Waals surface area (Å²) >= 11 is 5.76. The molecule has 0 aromatic heterocycles. The molecule has 0 saturated carbocycles. The molecular formula is C10H13ClN2O. The van der Waals surface area contributed by atoms with Crippen molar-refractivity contribution in [1.82, 2.24) is 0 Å². The van der Waals surface area contributed by atoms with Crippen molar-refractivity contribution in [3.63, 3.8) is 0 Å². The van der Waals surface area contributed by atoms with Gasteiger partial charge in [0.1, 0.15) is 5.84 Å². The van der Waals surface area contributed by atoms with Gasteiger partial charge in [-0.2, -0.15) is 0 Å². The summed E-state index contributed by atoms with van der Waals surface area (Å²) < 4.78 is 0. The Hall–Kier alpha value is -1.22. The van der Waals surface area contributed by atoms with Crippen LogP contribution in [0.3, 0.4) is 0 Å². The molecule has 1 aromatic rings. The minimum atomic E-state index is 0.225. The van der Waals surface area contributed by atoms with E-state index in [0.29, 0.717) is 11.4 Å². The summed E-state index contributed by atoms with van der Waals surface area (Å²) in [5, 5.41) is 12.1. The Labute approximate surface area is 88.2 Å². The maximum absolute atomic E-state index is 8.42. The molecule has 0 heterocycles. The van der Waals surface area contributed by atoms with E-state index in [2.05, 4.69) is 5.16 Å². The molecule has 0 radical (unpaired) electrons. The van der Waals surface area contributed by atoms with Crippen molar-refractivity contribution >= 4 is 17.4 Å². The van der Waals surface area contributed by atoms with Gasteiger partial charge in [0.2, 0.25) is 0 Å². The third-order valence-corrected chi connectivity index (χ3v) is 2.33. The number of nitrogens with two attached hydrogens (primary N) is 1. The van der Waals surface area contributed by atoms with Gasteiger partial charge in [0.05, 0.1) is 0 Å². The van der Waals surface area contributed by atoms with Gasteiger partial charge in [0, 0.05) is 11.4 Å². The second-order valence-corrected chi connectivity index (χ2v) is 3.68. The molecule has 14 heavy (non-hydrogen) atoms. The van der Waals surface area contributed by atoms with Crippen molar-refractivity contribution in [3.05, 3.63) is 34.9 Å². The quantitative estimate of drug-likeness (QED) is 0.350. The summed E-state index contributed by atoms with van der Waals surface area (Å²) in [6, 6.07) is 7.55. The maximum Gasteiger partial charge on any atom is 0.139 e. The Morgan fingerprint density at radius 2 is 2.07 bits per heavy atom. The minimum Gasteiger partial charge on any atom is -0.409 e. The molecule has 1 rings (SSSR count). The van der Waals surface area contributed by atoms with Crippen LogP contribution < -0.4 is 5.73 Å². The lowest BCUT2D eigenvalue weighted by Crippen LogP contribution is -2.14. The van der Waals surface area contributed by atoms with Gasteiger partial charge in [-0.25, -0.2) is 0 Å². The molecule has 0 bridgehead atoms. The lowest BCUT2D eigenvalue weighted by atomic mass is 9.97. The zero-order valence-electron chi connectivity index (χ0n) is 7.94. The van der Waals surface area contributed by atoms with Gasteiger partial charge in [0.25, 0.3) is 0 Å². The first kappa shape index (κ1) is 10.9. The van der Waals surface area contributed by atoms with Crippen LogP contribution in [0.2, 0.25) is 5.02 Å². The van der Waals surface area contributed by atoms with E-state index in [0.717, 1.165) is 5.56 Å². The molecule has 0 aliphatic heterocycles. The van der Waals surface area contributed by atoms with E-state index >= 15 is 0 Å². The van der Waals surface area contributed by atoms with Gasteiger partial charge in [0.15, 0.2) is 0 Å². The highest BCUT2D eigenvalue weighted by Gasteiger charge is 2.07. The Bertz CT molecular complexity index is 321. The molecule has 4 heteroatoms. The summed E-state index contributed by atoms with van der Waals surface area (Å²) in [5.74, 6) is 0.468. The van der Waals surface area contributed by atoms with E-state index in [1.165, 1.54) is 0 Å². The van der Waals surface area contributed by atoms with Crippen molar-refractivity contribution in [2.75, 3.05) is 0 Å². The fraction of sp³-hybridized carbons (Fsp3) is 0.300. The van der Waals surface area contributed by atoms with Gasteiger partial charge in [-0.1, -0.05) is 35.8 Å². The first-order chi connectivity index (χ1) is 6.63. The fourth-order valence-electron chi connectivity index (χ4n) is 1.26. The molecule has 0 aliphatic rings. The number of hydrogen-bond donors (Lipinski definition) is 2. The van der Waals surface area contributed by atoms with Gasteiger partial charge in [-0.05, 0) is 23.6 Å². The van der Waals surface area contributed by atoms with Crippen molar-refractivity contribution in [2.45, 2.75) is 19.3 Å². The molecule has 1 unspecified atom stereocenters. The summed E-state index contributed by atoms with van der Waals surface area (Å²) in [7, 11) is 0. The van der Waals surface area contributed by atoms with E-state index in [1.807, 2.05) is 31.2 Å². The van der Waals surface area contributed by atoms with Crippen molar-refractivity contribution in [2.24, 2.45) is 10.9 Å². The summed E-state index contributed by atoms with van der Waals surface area (Å²) in [6.07, 6.45) is 0.540. The average Bonchev–Trinajstić information content (AvgIpc) is 2.18.